The Morgan fingerprint density at radius 3 is 3.05 bits per heavy atom. The minimum atomic E-state index is 0.839. The molecule has 3 rings (SSSR count). The zero-order chi connectivity index (χ0) is 15.2. The lowest BCUT2D eigenvalue weighted by Gasteiger charge is -1.97. The van der Waals surface area contributed by atoms with Gasteiger partial charge >= 0.3 is 0 Å². The fourth-order valence-electron chi connectivity index (χ4n) is 1.73. The second-order valence-electron chi connectivity index (χ2n) is 4.56. The molecule has 0 bridgehead atoms. The van der Waals surface area contributed by atoms with Crippen LogP contribution in [0.15, 0.2) is 27.2 Å². The number of rotatable bonds is 8. The first-order valence-corrected chi connectivity index (χ1v) is 10.6. The van der Waals surface area contributed by atoms with Gasteiger partial charge < -0.3 is 5.32 Å². The van der Waals surface area contributed by atoms with Crippen molar-refractivity contribution < 1.29 is 0 Å². The number of aromatic nitrogens is 3. The van der Waals surface area contributed by atoms with Gasteiger partial charge in [0.15, 0.2) is 4.34 Å². The first kappa shape index (κ1) is 15.9. The molecule has 4 nitrogen and oxygen atoms in total. The van der Waals surface area contributed by atoms with Crippen LogP contribution in [0.1, 0.15) is 25.5 Å². The average molecular weight is 369 g/mol. The molecule has 1 N–H and O–H groups in total. The van der Waals surface area contributed by atoms with Crippen LogP contribution < -0.4 is 5.32 Å². The smallest absolute Gasteiger partial charge is 0.206 e. The molecule has 3 aromatic heterocycles. The molecule has 0 aromatic carbocycles. The third kappa shape index (κ3) is 4.28. The van der Waals surface area contributed by atoms with Crippen molar-refractivity contribution in [1.29, 1.82) is 0 Å². The van der Waals surface area contributed by atoms with E-state index >= 15 is 0 Å². The predicted octanol–water partition coefficient (Wildman–Crippen LogP) is 5.23. The van der Waals surface area contributed by atoms with Crippen molar-refractivity contribution in [3.05, 3.63) is 28.6 Å². The second kappa shape index (κ2) is 8.05. The van der Waals surface area contributed by atoms with Gasteiger partial charge in [0.25, 0.3) is 0 Å². The van der Waals surface area contributed by atoms with Crippen molar-refractivity contribution >= 4 is 50.9 Å². The molecule has 0 radical (unpaired) electrons. The van der Waals surface area contributed by atoms with E-state index in [1.807, 2.05) is 0 Å². The molecule has 3 aromatic rings. The van der Waals surface area contributed by atoms with E-state index in [0.717, 1.165) is 38.9 Å². The number of thiophene rings is 1. The van der Waals surface area contributed by atoms with Crippen molar-refractivity contribution in [2.45, 2.75) is 29.9 Å². The molecule has 0 fully saturated rings. The van der Waals surface area contributed by atoms with Gasteiger partial charge in [-0.05, 0) is 17.9 Å². The molecule has 22 heavy (non-hydrogen) atoms. The van der Waals surface area contributed by atoms with Crippen molar-refractivity contribution in [2.24, 2.45) is 0 Å². The minimum absolute atomic E-state index is 0.839. The number of thioether (sulfide) groups is 1. The third-order valence-corrected chi connectivity index (χ3v) is 6.82. The summed E-state index contributed by atoms with van der Waals surface area (Å²) in [5.41, 5.74) is 1.11. The highest BCUT2D eigenvalue weighted by atomic mass is 32.2. The first-order chi connectivity index (χ1) is 10.8. The molecular formula is C14H16N4S4. The van der Waals surface area contributed by atoms with E-state index in [4.69, 9.17) is 0 Å². The van der Waals surface area contributed by atoms with Crippen molar-refractivity contribution in [1.82, 2.24) is 15.2 Å². The molecule has 0 aliphatic carbocycles. The number of nitrogens with one attached hydrogen (secondary N) is 1. The first-order valence-electron chi connectivity index (χ1n) is 7.03. The fourth-order valence-corrected chi connectivity index (χ4v) is 5.14. The summed E-state index contributed by atoms with van der Waals surface area (Å²) in [6.45, 7) is 3.15. The SMILES string of the molecule is CCCCNc1nnc(SCc2csc(-c3cccs3)n2)s1. The summed E-state index contributed by atoms with van der Waals surface area (Å²) in [5, 5.41) is 17.9. The van der Waals surface area contributed by atoms with Gasteiger partial charge in [-0.1, -0.05) is 42.5 Å². The number of anilines is 1. The van der Waals surface area contributed by atoms with E-state index in [1.54, 1.807) is 45.8 Å². The highest BCUT2D eigenvalue weighted by Crippen LogP contribution is 2.32. The van der Waals surface area contributed by atoms with E-state index in [9.17, 15) is 0 Å². The van der Waals surface area contributed by atoms with Gasteiger partial charge in [0.1, 0.15) is 5.01 Å². The summed E-state index contributed by atoms with van der Waals surface area (Å²) in [5.74, 6) is 0.839. The van der Waals surface area contributed by atoms with Gasteiger partial charge in [0.2, 0.25) is 5.13 Å². The molecule has 116 valence electrons. The monoisotopic (exact) mass is 368 g/mol. The van der Waals surface area contributed by atoms with Crippen LogP contribution in [0.4, 0.5) is 5.13 Å². The number of thiazole rings is 1. The molecule has 0 aliphatic rings. The van der Waals surface area contributed by atoms with Crippen molar-refractivity contribution in [3.8, 4) is 9.88 Å². The quantitative estimate of drug-likeness (QED) is 0.436. The van der Waals surface area contributed by atoms with Crippen LogP contribution in [0, 0.1) is 0 Å². The molecule has 8 heteroatoms. The molecule has 0 spiro atoms. The van der Waals surface area contributed by atoms with Crippen LogP contribution in [0.3, 0.4) is 0 Å². The van der Waals surface area contributed by atoms with Crippen molar-refractivity contribution in [3.63, 3.8) is 0 Å². The molecule has 3 heterocycles. The lowest BCUT2D eigenvalue weighted by molar-refractivity contribution is 0.830. The Balaban J connectivity index is 1.52. The molecule has 0 saturated heterocycles. The normalized spacial score (nSPS) is 11.0. The van der Waals surface area contributed by atoms with E-state index in [0.29, 0.717) is 0 Å². The standard InChI is InChI=1S/C14H16N4S4/c1-2-3-6-15-13-17-18-14(22-13)21-9-10-8-20-12(16-10)11-5-4-7-19-11/h4-5,7-8H,2-3,6,9H2,1H3,(H,15,17). The Morgan fingerprint density at radius 2 is 2.23 bits per heavy atom. The van der Waals surface area contributed by atoms with Crippen molar-refractivity contribution in [2.75, 3.05) is 11.9 Å². The number of nitrogens with zero attached hydrogens (tertiary/aromatic N) is 3. The van der Waals surface area contributed by atoms with Crippen LogP contribution in [0.25, 0.3) is 9.88 Å². The third-order valence-electron chi connectivity index (χ3n) is 2.84. The Morgan fingerprint density at radius 1 is 1.27 bits per heavy atom. The zero-order valence-corrected chi connectivity index (χ0v) is 15.4. The molecule has 0 atom stereocenters. The Hall–Kier alpha value is -0.960. The summed E-state index contributed by atoms with van der Waals surface area (Å²) in [4.78, 5) is 5.92. The van der Waals surface area contributed by atoms with Crippen LogP contribution in [0.2, 0.25) is 0 Å². The summed E-state index contributed by atoms with van der Waals surface area (Å²) in [7, 11) is 0. The van der Waals surface area contributed by atoms with E-state index in [-0.39, 0.29) is 0 Å². The van der Waals surface area contributed by atoms with Gasteiger partial charge in [-0.2, -0.15) is 0 Å². The maximum atomic E-state index is 4.68. The molecule has 0 saturated carbocycles. The summed E-state index contributed by atoms with van der Waals surface area (Å²) >= 11 is 6.74. The molecule has 0 aliphatic heterocycles. The zero-order valence-electron chi connectivity index (χ0n) is 12.1. The van der Waals surface area contributed by atoms with Crippen LogP contribution >= 0.6 is 45.8 Å². The maximum Gasteiger partial charge on any atom is 0.206 e. The second-order valence-corrected chi connectivity index (χ2v) is 8.57. The Bertz CT molecular complexity index is 689. The summed E-state index contributed by atoms with van der Waals surface area (Å²) in [6.07, 6.45) is 2.34. The topological polar surface area (TPSA) is 50.7 Å². The average Bonchev–Trinajstić information content (AvgIpc) is 3.26. The van der Waals surface area contributed by atoms with E-state index in [2.05, 4.69) is 50.3 Å². The minimum Gasteiger partial charge on any atom is -0.360 e. The lowest BCUT2D eigenvalue weighted by Crippen LogP contribution is -1.99. The summed E-state index contributed by atoms with van der Waals surface area (Å²) < 4.78 is 0.990. The van der Waals surface area contributed by atoms with Gasteiger partial charge in [-0.15, -0.1) is 32.9 Å². The fraction of sp³-hybridized carbons (Fsp3) is 0.357. The number of unbranched alkanes of at least 4 members (excludes halogenated alkanes) is 1. The van der Waals surface area contributed by atoms with Gasteiger partial charge in [-0.25, -0.2) is 4.98 Å². The Labute approximate surface area is 146 Å². The van der Waals surface area contributed by atoms with Crippen LogP contribution in [-0.4, -0.2) is 21.7 Å². The maximum absolute atomic E-state index is 4.68. The number of hydrogen-bond acceptors (Lipinski definition) is 8. The summed E-state index contributed by atoms with van der Waals surface area (Å²) in [6, 6.07) is 4.17. The van der Waals surface area contributed by atoms with Gasteiger partial charge in [0.05, 0.1) is 10.6 Å². The van der Waals surface area contributed by atoms with Gasteiger partial charge in [-0.3, -0.25) is 0 Å². The number of hydrogen-bond donors (Lipinski definition) is 1. The highest BCUT2D eigenvalue weighted by Gasteiger charge is 2.08. The largest absolute Gasteiger partial charge is 0.360 e. The lowest BCUT2D eigenvalue weighted by atomic mass is 10.3. The van der Waals surface area contributed by atoms with Crippen LogP contribution in [-0.2, 0) is 5.75 Å². The molecular weight excluding hydrogens is 352 g/mol. The van der Waals surface area contributed by atoms with Gasteiger partial charge in [0, 0.05) is 17.7 Å². The van der Waals surface area contributed by atoms with Crippen LogP contribution in [0.5, 0.6) is 0 Å². The van der Waals surface area contributed by atoms with E-state index in [1.165, 1.54) is 11.3 Å². The molecule has 0 unspecified atom stereocenters. The predicted molar refractivity (Wildman–Crippen MR) is 98.3 cm³/mol. The van der Waals surface area contributed by atoms with E-state index < -0.39 is 0 Å². The highest BCUT2D eigenvalue weighted by molar-refractivity contribution is 8.00. The Kier molecular flexibility index (Phi) is 5.82. The molecule has 0 amide bonds.